The summed E-state index contributed by atoms with van der Waals surface area (Å²) in [5.74, 6) is 0. The molecule has 9 rings (SSSR count). The monoisotopic (exact) mass is 814 g/mol. The van der Waals surface area contributed by atoms with Gasteiger partial charge in [-0.2, -0.15) is 0 Å². The average molecular weight is 815 g/mol. The van der Waals surface area contributed by atoms with Crippen molar-refractivity contribution in [3.63, 3.8) is 0 Å². The number of hydrogen-bond acceptors (Lipinski definition) is 14. The van der Waals surface area contributed by atoms with E-state index in [0.29, 0.717) is 56.6 Å². The zero-order valence-corrected chi connectivity index (χ0v) is 33.0. The number of aromatic nitrogens is 8. The maximum absolute atomic E-state index is 8.83. The Balaban J connectivity index is 0.875. The smallest absolute Gasteiger partial charge is 0.119 e. The summed E-state index contributed by atoms with van der Waals surface area (Å²) in [6.45, 7) is 0. The molecular formula is C46H30N12S2. The molecule has 0 amide bonds. The Kier molecular flexibility index (Phi) is 10.5. The van der Waals surface area contributed by atoms with Crippen LogP contribution in [0.4, 0.5) is 0 Å². The van der Waals surface area contributed by atoms with Gasteiger partial charge in [0.15, 0.2) is 0 Å². The predicted octanol–water partition coefficient (Wildman–Crippen LogP) is 9.99. The van der Waals surface area contributed by atoms with Crippen LogP contribution in [0.1, 0.15) is 22.8 Å². The number of rotatable bonds is 8. The topological polar surface area (TPSA) is 199 Å². The summed E-state index contributed by atoms with van der Waals surface area (Å²) in [5.41, 5.74) is 8.53. The number of hydrogen-bond donors (Lipinski definition) is 4. The number of fused-ring (bicyclic) bond motifs is 3. The summed E-state index contributed by atoms with van der Waals surface area (Å²) in [6.07, 6.45) is 3.45. The number of thioether (sulfide) groups is 2. The third-order valence-corrected chi connectivity index (χ3v) is 10.9. The Morgan fingerprint density at radius 2 is 0.633 bits per heavy atom. The Bertz CT molecular complexity index is 2930. The molecule has 1 aromatic carbocycles. The van der Waals surface area contributed by atoms with Gasteiger partial charge in [-0.1, -0.05) is 36.4 Å². The SMILES string of the molecule is N=C(SC(=N)c1ccc2c(ccc3nc(C(=N)SC(=N)c4cccc(-c5cccc(-c6ccccn6)n5)n4)ccc32)n1)c1cccc(-c2cccc(-c3ccccn3)n2)n1. The van der Waals surface area contributed by atoms with E-state index >= 15 is 0 Å². The molecule has 0 aliphatic rings. The first-order valence-electron chi connectivity index (χ1n) is 18.5. The van der Waals surface area contributed by atoms with Gasteiger partial charge in [-0.05, 0) is 133 Å². The van der Waals surface area contributed by atoms with E-state index in [1.54, 1.807) is 36.7 Å². The first-order valence-corrected chi connectivity index (χ1v) is 20.1. The Hall–Kier alpha value is -7.68. The molecule has 8 aromatic heterocycles. The van der Waals surface area contributed by atoms with Crippen molar-refractivity contribution >= 4 is 65.5 Å². The van der Waals surface area contributed by atoms with E-state index in [1.807, 2.05) is 121 Å². The summed E-state index contributed by atoms with van der Waals surface area (Å²) in [4.78, 5) is 37.2. The van der Waals surface area contributed by atoms with Crippen molar-refractivity contribution in [2.24, 2.45) is 0 Å². The van der Waals surface area contributed by atoms with Crippen LogP contribution in [0.15, 0.2) is 158 Å². The fourth-order valence-electron chi connectivity index (χ4n) is 6.36. The minimum Gasteiger partial charge on any atom is -0.292 e. The van der Waals surface area contributed by atoms with Crippen LogP contribution in [0.25, 0.3) is 67.4 Å². The average Bonchev–Trinajstić information content (AvgIpc) is 3.31. The highest BCUT2D eigenvalue weighted by atomic mass is 32.2. The van der Waals surface area contributed by atoms with Crippen LogP contribution in [-0.2, 0) is 0 Å². The van der Waals surface area contributed by atoms with Crippen molar-refractivity contribution < 1.29 is 0 Å². The van der Waals surface area contributed by atoms with Gasteiger partial charge in [0.25, 0.3) is 0 Å². The van der Waals surface area contributed by atoms with Crippen molar-refractivity contribution in [3.05, 3.63) is 181 Å². The van der Waals surface area contributed by atoms with Crippen LogP contribution in [-0.4, -0.2) is 60.0 Å². The van der Waals surface area contributed by atoms with Crippen molar-refractivity contribution in [2.45, 2.75) is 0 Å². The van der Waals surface area contributed by atoms with Gasteiger partial charge >= 0.3 is 0 Å². The molecule has 0 fully saturated rings. The predicted molar refractivity (Wildman–Crippen MR) is 241 cm³/mol. The molecular weight excluding hydrogens is 785 g/mol. The van der Waals surface area contributed by atoms with Crippen LogP contribution < -0.4 is 0 Å². The molecule has 0 saturated carbocycles. The molecule has 0 aliphatic heterocycles. The van der Waals surface area contributed by atoms with Crippen LogP contribution in [0, 0.1) is 21.6 Å². The largest absolute Gasteiger partial charge is 0.292 e. The second kappa shape index (κ2) is 16.7. The van der Waals surface area contributed by atoms with E-state index in [4.69, 9.17) is 51.5 Å². The van der Waals surface area contributed by atoms with E-state index in [1.165, 1.54) is 0 Å². The standard InChI is InChI=1S/C46H30N12S2/c47-43(39-17-7-15-37(57-39)35-13-5-11-33(55-35)31-9-1-3-25-51-31)59-45(49)41-21-19-27-28-20-22-42(54-30(28)24-23-29(27)53-41)46(50)60-44(48)40-18-8-16-38(58-40)36-14-6-12-34(56-36)32-10-2-4-26-52-32/h1-26,47-50H. The molecule has 9 aromatic rings. The quantitative estimate of drug-likeness (QED) is 0.0650. The highest BCUT2D eigenvalue weighted by molar-refractivity contribution is 8.27. The van der Waals surface area contributed by atoms with Gasteiger partial charge in [-0.25, -0.2) is 29.9 Å². The number of nitrogens with one attached hydrogen (secondary N) is 4. The van der Waals surface area contributed by atoms with Crippen LogP contribution in [0.5, 0.6) is 0 Å². The number of pyridine rings is 8. The lowest BCUT2D eigenvalue weighted by Gasteiger charge is -2.10. The van der Waals surface area contributed by atoms with Crippen molar-refractivity contribution in [1.29, 1.82) is 21.6 Å². The summed E-state index contributed by atoms with van der Waals surface area (Å²) in [7, 11) is 0. The van der Waals surface area contributed by atoms with Crippen molar-refractivity contribution in [1.82, 2.24) is 39.9 Å². The summed E-state index contributed by atoms with van der Waals surface area (Å²) >= 11 is 1.95. The summed E-state index contributed by atoms with van der Waals surface area (Å²) in [5, 5.41) is 37.4. The first-order chi connectivity index (χ1) is 29.4. The lowest BCUT2D eigenvalue weighted by molar-refractivity contribution is 1.21. The zero-order valence-electron chi connectivity index (χ0n) is 31.4. The van der Waals surface area contributed by atoms with E-state index in [9.17, 15) is 0 Å². The van der Waals surface area contributed by atoms with Gasteiger partial charge in [-0.15, -0.1) is 0 Å². The van der Waals surface area contributed by atoms with Gasteiger partial charge in [0, 0.05) is 23.2 Å². The van der Waals surface area contributed by atoms with Crippen LogP contribution in [0.2, 0.25) is 0 Å². The molecule has 286 valence electrons. The first kappa shape index (κ1) is 37.9. The fourth-order valence-corrected chi connectivity index (χ4v) is 7.64. The minimum absolute atomic E-state index is 0.111. The molecule has 8 heterocycles. The van der Waals surface area contributed by atoms with E-state index in [0.717, 1.165) is 57.1 Å². The molecule has 12 nitrogen and oxygen atoms in total. The van der Waals surface area contributed by atoms with Crippen molar-refractivity contribution in [2.75, 3.05) is 0 Å². The molecule has 0 spiro atoms. The lowest BCUT2D eigenvalue weighted by Crippen LogP contribution is -2.06. The van der Waals surface area contributed by atoms with Gasteiger partial charge in [0.2, 0.25) is 0 Å². The fraction of sp³-hybridized carbons (Fsp3) is 0. The van der Waals surface area contributed by atoms with Gasteiger partial charge in [0.05, 0.1) is 79.4 Å². The molecule has 0 saturated heterocycles. The van der Waals surface area contributed by atoms with Gasteiger partial charge in [0.1, 0.15) is 20.2 Å². The van der Waals surface area contributed by atoms with Crippen LogP contribution >= 0.6 is 23.5 Å². The highest BCUT2D eigenvalue weighted by Gasteiger charge is 2.17. The Morgan fingerprint density at radius 1 is 0.300 bits per heavy atom. The van der Waals surface area contributed by atoms with Crippen molar-refractivity contribution in [3.8, 4) is 45.6 Å². The highest BCUT2D eigenvalue weighted by Crippen LogP contribution is 2.28. The molecule has 14 heteroatoms. The van der Waals surface area contributed by atoms with Gasteiger partial charge < -0.3 is 0 Å². The second-order valence-electron chi connectivity index (χ2n) is 13.2. The lowest BCUT2D eigenvalue weighted by atomic mass is 10.1. The molecule has 0 bridgehead atoms. The van der Waals surface area contributed by atoms with E-state index in [2.05, 4.69) is 9.97 Å². The third kappa shape index (κ3) is 8.05. The number of nitrogens with zero attached hydrogens (tertiary/aromatic N) is 8. The molecule has 0 radical (unpaired) electrons. The third-order valence-electron chi connectivity index (χ3n) is 9.25. The Labute approximate surface area is 351 Å². The maximum Gasteiger partial charge on any atom is 0.119 e. The summed E-state index contributed by atoms with van der Waals surface area (Å²) < 4.78 is 0. The summed E-state index contributed by atoms with van der Waals surface area (Å²) in [6, 6.07) is 44.5. The maximum atomic E-state index is 8.83. The molecule has 0 atom stereocenters. The molecule has 60 heavy (non-hydrogen) atoms. The number of benzene rings is 1. The normalized spacial score (nSPS) is 11.1. The zero-order chi connectivity index (χ0) is 41.0. The molecule has 0 unspecified atom stereocenters. The molecule has 0 aliphatic carbocycles. The van der Waals surface area contributed by atoms with E-state index < -0.39 is 0 Å². The van der Waals surface area contributed by atoms with Crippen LogP contribution in [0.3, 0.4) is 0 Å². The van der Waals surface area contributed by atoms with Gasteiger partial charge in [-0.3, -0.25) is 31.6 Å². The Morgan fingerprint density at radius 3 is 1.02 bits per heavy atom. The van der Waals surface area contributed by atoms with E-state index in [-0.39, 0.29) is 20.2 Å². The second-order valence-corrected chi connectivity index (χ2v) is 15.2. The minimum atomic E-state index is 0.111. The molecule has 4 N–H and O–H groups in total.